The van der Waals surface area contributed by atoms with Crippen molar-refractivity contribution < 1.29 is 9.50 Å². The normalized spacial score (nSPS) is 29.7. The van der Waals surface area contributed by atoms with Gasteiger partial charge in [-0.1, -0.05) is 6.92 Å². The van der Waals surface area contributed by atoms with Crippen molar-refractivity contribution in [3.63, 3.8) is 0 Å². The number of imidazole rings is 1. The van der Waals surface area contributed by atoms with E-state index in [9.17, 15) is 5.11 Å². The molecule has 5 atom stereocenters. The molecule has 0 saturated carbocycles. The summed E-state index contributed by atoms with van der Waals surface area (Å²) in [5.74, 6) is 1.29. The van der Waals surface area contributed by atoms with Crippen molar-refractivity contribution in [2.75, 3.05) is 19.0 Å². The second-order valence-corrected chi connectivity index (χ2v) is 9.93. The Morgan fingerprint density at radius 3 is 2.67 bits per heavy atom. The Morgan fingerprint density at radius 2 is 2.00 bits per heavy atom. The van der Waals surface area contributed by atoms with Gasteiger partial charge in [0.25, 0.3) is 0 Å². The summed E-state index contributed by atoms with van der Waals surface area (Å²) in [6, 6.07) is 9.20. The van der Waals surface area contributed by atoms with Crippen LogP contribution in [0, 0.1) is 5.92 Å². The topological polar surface area (TPSA) is 70.3 Å². The Hall–Kier alpha value is -3.00. The monoisotopic (exact) mass is 450 g/mol. The molecular weight excluding hydrogens is 419 g/mol. The molecular formula is C25H31FN6O. The van der Waals surface area contributed by atoms with Crippen molar-refractivity contribution in [3.05, 3.63) is 49.1 Å². The molecule has 2 aliphatic rings. The lowest BCUT2D eigenvalue weighted by Gasteiger charge is -2.58. The Balaban J connectivity index is 1.37. The van der Waals surface area contributed by atoms with E-state index in [2.05, 4.69) is 41.0 Å². The number of piperidine rings is 2. The highest BCUT2D eigenvalue weighted by Crippen LogP contribution is 2.46. The Kier molecular flexibility index (Phi) is 5.35. The molecule has 2 aromatic heterocycles. The van der Waals surface area contributed by atoms with E-state index in [0.29, 0.717) is 29.0 Å². The molecule has 2 fully saturated rings. The molecule has 1 unspecified atom stereocenters. The molecule has 7 nitrogen and oxygen atoms in total. The largest absolute Gasteiger partial charge is 0.507 e. The molecule has 0 radical (unpaired) electrons. The van der Waals surface area contributed by atoms with E-state index >= 15 is 4.39 Å². The van der Waals surface area contributed by atoms with Crippen molar-refractivity contribution in [1.29, 1.82) is 0 Å². The van der Waals surface area contributed by atoms with Crippen molar-refractivity contribution in [1.82, 2.24) is 24.6 Å². The van der Waals surface area contributed by atoms with E-state index in [0.717, 1.165) is 24.9 Å². The maximum atomic E-state index is 15.8. The van der Waals surface area contributed by atoms with Gasteiger partial charge in [0.05, 0.1) is 29.3 Å². The smallest absolute Gasteiger partial charge is 0.151 e. The van der Waals surface area contributed by atoms with E-state index in [4.69, 9.17) is 0 Å². The molecule has 5 rings (SSSR count). The fourth-order valence-electron chi connectivity index (χ4n) is 5.84. The molecule has 3 aromatic rings. The molecule has 1 N–H and O–H groups in total. The predicted molar refractivity (Wildman–Crippen MR) is 126 cm³/mol. The number of halogens is 1. The van der Waals surface area contributed by atoms with Gasteiger partial charge in [0.15, 0.2) is 5.82 Å². The molecule has 8 heteroatoms. The van der Waals surface area contributed by atoms with Crippen LogP contribution in [0.25, 0.3) is 16.9 Å². The van der Waals surface area contributed by atoms with Crippen molar-refractivity contribution in [2.24, 2.45) is 5.92 Å². The third-order valence-corrected chi connectivity index (χ3v) is 7.80. The zero-order chi connectivity index (χ0) is 23.3. The minimum atomic E-state index is -0.979. The first-order chi connectivity index (χ1) is 15.8. The second kappa shape index (κ2) is 8.09. The van der Waals surface area contributed by atoms with Gasteiger partial charge in [0.1, 0.15) is 11.9 Å². The number of anilines is 1. The molecule has 33 heavy (non-hydrogen) atoms. The van der Waals surface area contributed by atoms with Gasteiger partial charge in [-0.25, -0.2) is 9.37 Å². The van der Waals surface area contributed by atoms with Crippen LogP contribution in [0.15, 0.2) is 49.1 Å². The first-order valence-corrected chi connectivity index (χ1v) is 11.5. The summed E-state index contributed by atoms with van der Waals surface area (Å²) in [6.07, 6.45) is 6.94. The summed E-state index contributed by atoms with van der Waals surface area (Å²) in [5.41, 5.74) is 1.51. The number of phenols is 1. The van der Waals surface area contributed by atoms with Gasteiger partial charge < -0.3 is 14.6 Å². The van der Waals surface area contributed by atoms with Gasteiger partial charge in [0.2, 0.25) is 0 Å². The van der Waals surface area contributed by atoms with Gasteiger partial charge in [-0.2, -0.15) is 0 Å². The summed E-state index contributed by atoms with van der Waals surface area (Å²) in [5, 5.41) is 19.3. The number of hydrogen-bond donors (Lipinski definition) is 1. The van der Waals surface area contributed by atoms with Crippen LogP contribution in [0.5, 0.6) is 5.75 Å². The van der Waals surface area contributed by atoms with E-state index in [1.807, 2.05) is 47.0 Å². The molecule has 1 aromatic carbocycles. The number of fused-ring (bicyclic) bond motifs is 2. The van der Waals surface area contributed by atoms with Gasteiger partial charge in [0, 0.05) is 37.1 Å². The minimum absolute atomic E-state index is 0.116. The third kappa shape index (κ3) is 3.66. The number of aromatic nitrogens is 4. The molecule has 174 valence electrons. The van der Waals surface area contributed by atoms with Crippen LogP contribution in [-0.2, 0) is 0 Å². The average molecular weight is 451 g/mol. The van der Waals surface area contributed by atoms with E-state index < -0.39 is 11.7 Å². The highest BCUT2D eigenvalue weighted by Gasteiger charge is 2.54. The first kappa shape index (κ1) is 21.8. The fourth-order valence-corrected chi connectivity index (χ4v) is 5.84. The average Bonchev–Trinajstić information content (AvgIpc) is 3.34. The van der Waals surface area contributed by atoms with Crippen LogP contribution in [0.2, 0.25) is 0 Å². The number of rotatable bonds is 4. The van der Waals surface area contributed by atoms with Crippen LogP contribution in [-0.4, -0.2) is 67.6 Å². The van der Waals surface area contributed by atoms with Crippen molar-refractivity contribution in [3.8, 4) is 22.7 Å². The first-order valence-electron chi connectivity index (χ1n) is 11.5. The lowest BCUT2D eigenvalue weighted by molar-refractivity contribution is -0.0881. The van der Waals surface area contributed by atoms with Crippen LogP contribution in [0.3, 0.4) is 0 Å². The summed E-state index contributed by atoms with van der Waals surface area (Å²) in [7, 11) is 3.98. The molecule has 2 aliphatic heterocycles. The van der Waals surface area contributed by atoms with E-state index in [1.165, 1.54) is 0 Å². The zero-order valence-electron chi connectivity index (χ0n) is 19.6. The Labute approximate surface area is 193 Å². The van der Waals surface area contributed by atoms with Gasteiger partial charge in [-0.15, -0.1) is 10.2 Å². The number of benzene rings is 1. The molecule has 0 amide bonds. The van der Waals surface area contributed by atoms with Gasteiger partial charge in [-0.3, -0.25) is 4.90 Å². The number of nitrogens with zero attached hydrogens (tertiary/aromatic N) is 6. The summed E-state index contributed by atoms with van der Waals surface area (Å²) >= 11 is 0. The number of aromatic hydroxyl groups is 1. The summed E-state index contributed by atoms with van der Waals surface area (Å²) < 4.78 is 17.7. The highest BCUT2D eigenvalue weighted by molar-refractivity contribution is 5.69. The quantitative estimate of drug-likeness (QED) is 0.646. The van der Waals surface area contributed by atoms with E-state index in [-0.39, 0.29) is 11.8 Å². The molecule has 4 heterocycles. The molecule has 2 saturated heterocycles. The van der Waals surface area contributed by atoms with E-state index in [1.54, 1.807) is 18.6 Å². The molecule has 0 spiro atoms. The van der Waals surface area contributed by atoms with Crippen LogP contribution < -0.4 is 4.90 Å². The maximum absolute atomic E-state index is 15.8. The lowest BCUT2D eigenvalue weighted by atomic mass is 9.68. The van der Waals surface area contributed by atoms with Crippen molar-refractivity contribution >= 4 is 5.82 Å². The van der Waals surface area contributed by atoms with Gasteiger partial charge >= 0.3 is 0 Å². The minimum Gasteiger partial charge on any atom is -0.507 e. The SMILES string of the molecule is CC1C[C@H]2C[C@H](N(C)c3ccc(-c4ccc(-n5ccnc5)cc4O)nn3)[C@@H](F)[C@@](C)(C1)N2C. The molecule has 2 bridgehead atoms. The van der Waals surface area contributed by atoms with Gasteiger partial charge in [-0.05, 0) is 63.4 Å². The Bertz CT molecular complexity index is 1120. The predicted octanol–water partition coefficient (Wildman–Crippen LogP) is 4.07. The number of phenolic OH excluding ortho intramolecular Hbond substituents is 1. The standard InChI is InChI=1S/C25H31FN6O/c1-16-11-18-12-21(24(26)25(2,14-16)31(18)4)30(3)23-8-7-20(28-29-23)19-6-5-17(13-22(19)33)32-10-9-27-15-32/h5-10,13,15-16,18,21,24,33H,11-12,14H2,1-4H3/t16?,18-,21-,24+,25+/m0/s1. The number of hydrogen-bond acceptors (Lipinski definition) is 6. The number of alkyl halides is 1. The summed E-state index contributed by atoms with van der Waals surface area (Å²) in [4.78, 5) is 8.23. The maximum Gasteiger partial charge on any atom is 0.151 e. The third-order valence-electron chi connectivity index (χ3n) is 7.80. The lowest BCUT2D eigenvalue weighted by Crippen LogP contribution is -2.69. The molecule has 0 aliphatic carbocycles. The van der Waals surface area contributed by atoms with Crippen LogP contribution in [0.1, 0.15) is 33.1 Å². The Morgan fingerprint density at radius 1 is 1.18 bits per heavy atom. The van der Waals surface area contributed by atoms with Crippen molar-refractivity contribution in [2.45, 2.75) is 56.9 Å². The zero-order valence-corrected chi connectivity index (χ0v) is 19.6. The fraction of sp³-hybridized carbons (Fsp3) is 0.480. The second-order valence-electron chi connectivity index (χ2n) is 9.93. The summed E-state index contributed by atoms with van der Waals surface area (Å²) in [6.45, 7) is 4.29. The van der Waals surface area contributed by atoms with Crippen LogP contribution >= 0.6 is 0 Å². The van der Waals surface area contributed by atoms with Crippen LogP contribution in [0.4, 0.5) is 10.2 Å². The highest BCUT2D eigenvalue weighted by atomic mass is 19.1.